The quantitative estimate of drug-likeness (QED) is 0.835. The second-order valence-electron chi connectivity index (χ2n) is 4.22. The molecular weight excluding hydrogens is 202 g/mol. The number of hydrogen-bond acceptors (Lipinski definition) is 3. The van der Waals surface area contributed by atoms with Crippen LogP contribution in [-0.2, 0) is 11.3 Å². The third-order valence-electron chi connectivity index (χ3n) is 2.43. The van der Waals surface area contributed by atoms with Gasteiger partial charge in [-0.2, -0.15) is 5.26 Å². The van der Waals surface area contributed by atoms with Crippen LogP contribution in [0.25, 0.3) is 0 Å². The van der Waals surface area contributed by atoms with E-state index in [0.717, 1.165) is 11.1 Å². The van der Waals surface area contributed by atoms with Crippen molar-refractivity contribution in [3.05, 3.63) is 29.6 Å². The van der Waals surface area contributed by atoms with E-state index < -0.39 is 5.41 Å². The third kappa shape index (κ3) is 2.80. The van der Waals surface area contributed by atoms with Gasteiger partial charge in [0.25, 0.3) is 0 Å². The Labute approximate surface area is 95.3 Å². The maximum absolute atomic E-state index is 11.6. The molecule has 0 saturated heterocycles. The summed E-state index contributed by atoms with van der Waals surface area (Å²) >= 11 is 0. The van der Waals surface area contributed by atoms with Crippen LogP contribution in [-0.4, -0.2) is 10.9 Å². The summed E-state index contributed by atoms with van der Waals surface area (Å²) in [7, 11) is 0. The van der Waals surface area contributed by atoms with E-state index in [1.165, 1.54) is 0 Å². The van der Waals surface area contributed by atoms with Crippen LogP contribution in [0.2, 0.25) is 0 Å². The van der Waals surface area contributed by atoms with Gasteiger partial charge in [0.15, 0.2) is 0 Å². The summed E-state index contributed by atoms with van der Waals surface area (Å²) < 4.78 is 0. The SMILES string of the molecule is Cc1ccncc1CNC(=O)C(C)(C)C#N. The van der Waals surface area contributed by atoms with Crippen molar-refractivity contribution in [2.45, 2.75) is 27.3 Å². The fraction of sp³-hybridized carbons (Fsp3) is 0.417. The molecule has 0 spiro atoms. The first-order valence-electron chi connectivity index (χ1n) is 5.06. The number of nitrogens with zero attached hydrogens (tertiary/aromatic N) is 2. The smallest absolute Gasteiger partial charge is 0.240 e. The van der Waals surface area contributed by atoms with Crippen molar-refractivity contribution >= 4 is 5.91 Å². The topological polar surface area (TPSA) is 65.8 Å². The summed E-state index contributed by atoms with van der Waals surface area (Å²) in [6, 6.07) is 3.85. The van der Waals surface area contributed by atoms with Crippen LogP contribution in [0.5, 0.6) is 0 Å². The van der Waals surface area contributed by atoms with Crippen LogP contribution >= 0.6 is 0 Å². The van der Waals surface area contributed by atoms with Gasteiger partial charge >= 0.3 is 0 Å². The minimum atomic E-state index is -0.990. The molecule has 0 aromatic carbocycles. The largest absolute Gasteiger partial charge is 0.351 e. The Kier molecular flexibility index (Phi) is 3.62. The van der Waals surface area contributed by atoms with Gasteiger partial charge in [-0.25, -0.2) is 0 Å². The van der Waals surface area contributed by atoms with E-state index in [-0.39, 0.29) is 5.91 Å². The van der Waals surface area contributed by atoms with E-state index in [1.807, 2.05) is 19.1 Å². The minimum absolute atomic E-state index is 0.266. The van der Waals surface area contributed by atoms with Crippen molar-refractivity contribution in [1.82, 2.24) is 10.3 Å². The number of nitriles is 1. The summed E-state index contributed by atoms with van der Waals surface area (Å²) in [6.07, 6.45) is 3.43. The summed E-state index contributed by atoms with van der Waals surface area (Å²) in [4.78, 5) is 15.6. The number of rotatable bonds is 3. The van der Waals surface area contributed by atoms with Crippen molar-refractivity contribution in [2.75, 3.05) is 0 Å². The Balaban J connectivity index is 2.64. The Bertz CT molecular complexity index is 432. The van der Waals surface area contributed by atoms with Crippen molar-refractivity contribution in [2.24, 2.45) is 5.41 Å². The van der Waals surface area contributed by atoms with Crippen LogP contribution in [0.15, 0.2) is 18.5 Å². The standard InChI is InChI=1S/C12H15N3O/c1-9-4-5-14-6-10(9)7-15-11(16)12(2,3)8-13/h4-6H,7H2,1-3H3,(H,15,16). The Morgan fingerprint density at radius 1 is 1.62 bits per heavy atom. The van der Waals surface area contributed by atoms with Gasteiger partial charge in [0.2, 0.25) is 5.91 Å². The zero-order valence-corrected chi connectivity index (χ0v) is 9.74. The fourth-order valence-corrected chi connectivity index (χ4v) is 1.13. The monoisotopic (exact) mass is 217 g/mol. The van der Waals surface area contributed by atoms with Crippen LogP contribution in [0.1, 0.15) is 25.0 Å². The average Bonchev–Trinajstić information content (AvgIpc) is 2.27. The second kappa shape index (κ2) is 4.75. The van der Waals surface area contributed by atoms with Gasteiger partial charge in [-0.3, -0.25) is 9.78 Å². The molecule has 0 aliphatic carbocycles. The summed E-state index contributed by atoms with van der Waals surface area (Å²) in [5.74, 6) is -0.266. The predicted octanol–water partition coefficient (Wildman–Crippen LogP) is 1.56. The predicted molar refractivity (Wildman–Crippen MR) is 60.2 cm³/mol. The highest BCUT2D eigenvalue weighted by Gasteiger charge is 2.26. The van der Waals surface area contributed by atoms with Gasteiger partial charge < -0.3 is 5.32 Å². The molecule has 0 radical (unpaired) electrons. The number of carbonyl (C=O) groups is 1. The van der Waals surface area contributed by atoms with Gasteiger partial charge in [0.05, 0.1) is 6.07 Å². The minimum Gasteiger partial charge on any atom is -0.351 e. The van der Waals surface area contributed by atoms with Gasteiger partial charge in [-0.15, -0.1) is 0 Å². The first kappa shape index (κ1) is 12.2. The number of aryl methyl sites for hydroxylation is 1. The van der Waals surface area contributed by atoms with Crippen LogP contribution in [0, 0.1) is 23.7 Å². The van der Waals surface area contributed by atoms with Gasteiger partial charge in [0.1, 0.15) is 5.41 Å². The summed E-state index contributed by atoms with van der Waals surface area (Å²) in [6.45, 7) is 5.55. The number of aromatic nitrogens is 1. The molecule has 1 heterocycles. The highest BCUT2D eigenvalue weighted by Crippen LogP contribution is 2.13. The molecule has 4 heteroatoms. The Hall–Kier alpha value is -1.89. The highest BCUT2D eigenvalue weighted by atomic mass is 16.2. The lowest BCUT2D eigenvalue weighted by molar-refractivity contribution is -0.126. The molecule has 4 nitrogen and oxygen atoms in total. The number of hydrogen-bond donors (Lipinski definition) is 1. The molecule has 0 bridgehead atoms. The van der Waals surface area contributed by atoms with Crippen LogP contribution in [0.4, 0.5) is 0 Å². The molecule has 1 amide bonds. The maximum Gasteiger partial charge on any atom is 0.240 e. The molecule has 0 aliphatic rings. The molecule has 0 atom stereocenters. The lowest BCUT2D eigenvalue weighted by Crippen LogP contribution is -2.35. The average molecular weight is 217 g/mol. The van der Waals surface area contributed by atoms with Crippen LogP contribution in [0.3, 0.4) is 0 Å². The zero-order chi connectivity index (χ0) is 12.2. The normalized spacial score (nSPS) is 10.6. The molecule has 16 heavy (non-hydrogen) atoms. The number of pyridine rings is 1. The summed E-state index contributed by atoms with van der Waals surface area (Å²) in [5, 5.41) is 11.5. The first-order valence-corrected chi connectivity index (χ1v) is 5.06. The lowest BCUT2D eigenvalue weighted by atomic mass is 9.94. The molecule has 0 unspecified atom stereocenters. The second-order valence-corrected chi connectivity index (χ2v) is 4.22. The zero-order valence-electron chi connectivity index (χ0n) is 9.74. The molecule has 0 saturated carbocycles. The molecule has 1 rings (SSSR count). The highest BCUT2D eigenvalue weighted by molar-refractivity contribution is 5.84. The van der Waals surface area contributed by atoms with Gasteiger partial charge in [-0.05, 0) is 38.0 Å². The van der Waals surface area contributed by atoms with Crippen molar-refractivity contribution in [1.29, 1.82) is 5.26 Å². The molecule has 1 aromatic heterocycles. The lowest BCUT2D eigenvalue weighted by Gasteiger charge is -2.15. The summed E-state index contributed by atoms with van der Waals surface area (Å²) in [5.41, 5.74) is 1.05. The van der Waals surface area contributed by atoms with E-state index in [0.29, 0.717) is 6.54 Å². The third-order valence-corrected chi connectivity index (χ3v) is 2.43. The molecule has 1 N–H and O–H groups in total. The van der Waals surface area contributed by atoms with Crippen molar-refractivity contribution in [3.8, 4) is 6.07 Å². The van der Waals surface area contributed by atoms with E-state index in [9.17, 15) is 4.79 Å². The first-order chi connectivity index (χ1) is 7.47. The number of nitrogens with one attached hydrogen (secondary N) is 1. The van der Waals surface area contributed by atoms with E-state index in [1.54, 1.807) is 26.2 Å². The fourth-order valence-electron chi connectivity index (χ4n) is 1.13. The maximum atomic E-state index is 11.6. The van der Waals surface area contributed by atoms with Gasteiger partial charge in [0, 0.05) is 18.9 Å². The van der Waals surface area contributed by atoms with E-state index in [4.69, 9.17) is 5.26 Å². The molecule has 84 valence electrons. The molecule has 1 aromatic rings. The van der Waals surface area contributed by atoms with Crippen molar-refractivity contribution < 1.29 is 4.79 Å². The molecule has 0 aliphatic heterocycles. The Morgan fingerprint density at radius 3 is 2.88 bits per heavy atom. The van der Waals surface area contributed by atoms with Crippen LogP contribution < -0.4 is 5.32 Å². The molecular formula is C12H15N3O. The van der Waals surface area contributed by atoms with Gasteiger partial charge in [-0.1, -0.05) is 0 Å². The number of amides is 1. The Morgan fingerprint density at radius 2 is 2.31 bits per heavy atom. The number of carbonyl (C=O) groups excluding carboxylic acids is 1. The van der Waals surface area contributed by atoms with E-state index >= 15 is 0 Å². The van der Waals surface area contributed by atoms with Crippen molar-refractivity contribution in [3.63, 3.8) is 0 Å². The molecule has 0 fully saturated rings. The van der Waals surface area contributed by atoms with E-state index in [2.05, 4.69) is 10.3 Å².